The number of hydrogen-bond donors (Lipinski definition) is 0. The van der Waals surface area contributed by atoms with Crippen molar-refractivity contribution < 1.29 is 35.8 Å². The van der Waals surface area contributed by atoms with Crippen LogP contribution in [0.2, 0.25) is 0 Å². The third-order valence-electron chi connectivity index (χ3n) is 11.1. The Morgan fingerprint density at radius 3 is 1.67 bits per heavy atom. The number of rotatable bonds is 12. The quantitative estimate of drug-likeness (QED) is 0.114. The number of nitrogens with zero attached hydrogens (tertiary/aromatic N) is 3. The second kappa shape index (κ2) is 17.5. The fourth-order valence-corrected chi connectivity index (χ4v) is 7.90. The summed E-state index contributed by atoms with van der Waals surface area (Å²) in [7, 11) is 0. The molecule has 0 atom stereocenters. The number of halogens is 1. The first-order chi connectivity index (χ1) is 31.0. The third-order valence-corrected chi connectivity index (χ3v) is 11.1. The predicted octanol–water partition coefficient (Wildman–Crippen LogP) is 13.1. The molecule has 0 N–H and O–H groups in total. The summed E-state index contributed by atoms with van der Waals surface area (Å²) in [6.45, 7) is 8.55. The largest absolute Gasteiger partial charge is 3.00 e. The van der Waals surface area contributed by atoms with Crippen molar-refractivity contribution in [3.8, 4) is 33.8 Å². The first-order valence-corrected chi connectivity index (χ1v) is 20.0. The number of pyridine rings is 3. The molecule has 9 aromatic rings. The zero-order valence-electron chi connectivity index (χ0n) is 39.2. The molecular formula is C55H45FIrN3O. The topological polar surface area (TPSA) is 51.8 Å². The molecule has 4 aromatic heterocycles. The molecule has 9 rings (SSSR count). The van der Waals surface area contributed by atoms with Crippen molar-refractivity contribution in [3.63, 3.8) is 0 Å². The van der Waals surface area contributed by atoms with Crippen molar-refractivity contribution in [2.24, 2.45) is 0 Å². The van der Waals surface area contributed by atoms with E-state index in [0.29, 0.717) is 40.5 Å². The van der Waals surface area contributed by atoms with E-state index in [1.54, 1.807) is 36.4 Å². The summed E-state index contributed by atoms with van der Waals surface area (Å²) in [5, 5.41) is 1.15. The van der Waals surface area contributed by atoms with Crippen LogP contribution in [0.15, 0.2) is 156 Å². The molecule has 0 saturated carbocycles. The number of fused-ring (bicyclic) bond motifs is 3. The molecular weight excluding hydrogens is 930 g/mol. The molecule has 61 heavy (non-hydrogen) atoms. The Kier molecular flexibility index (Phi) is 10.2. The van der Waals surface area contributed by atoms with Crippen LogP contribution in [0.4, 0.5) is 4.39 Å². The van der Waals surface area contributed by atoms with Gasteiger partial charge in [-0.15, -0.1) is 90.0 Å². The monoisotopic (exact) mass is 980 g/mol. The molecule has 302 valence electrons. The molecule has 0 amide bonds. The summed E-state index contributed by atoms with van der Waals surface area (Å²) >= 11 is 0. The molecule has 0 saturated heterocycles. The number of aromatic nitrogens is 3. The normalized spacial score (nSPS) is 13.5. The minimum Gasteiger partial charge on any atom is -0.498 e. The third kappa shape index (κ3) is 9.03. The second-order valence-electron chi connectivity index (χ2n) is 16.5. The Balaban J connectivity index is 0.00000592. The summed E-state index contributed by atoms with van der Waals surface area (Å²) in [6.07, 6.45) is 1.13. The van der Waals surface area contributed by atoms with E-state index in [2.05, 4.69) is 69.1 Å². The maximum absolute atomic E-state index is 14.9. The number of benzene rings is 5. The molecule has 0 bridgehead atoms. The van der Waals surface area contributed by atoms with E-state index in [-0.39, 0.29) is 42.9 Å². The van der Waals surface area contributed by atoms with E-state index in [1.165, 1.54) is 18.3 Å². The minimum atomic E-state index is -2.54. The van der Waals surface area contributed by atoms with Crippen molar-refractivity contribution in [2.75, 3.05) is 0 Å². The predicted molar refractivity (Wildman–Crippen MR) is 240 cm³/mol. The molecule has 4 nitrogen and oxygen atoms in total. The molecule has 5 aromatic carbocycles. The van der Waals surface area contributed by atoms with E-state index in [9.17, 15) is 9.87 Å². The maximum Gasteiger partial charge on any atom is 3.00 e. The van der Waals surface area contributed by atoms with Gasteiger partial charge in [-0.2, -0.15) is 0 Å². The Labute approximate surface area is 378 Å². The van der Waals surface area contributed by atoms with E-state index >= 15 is 0 Å². The van der Waals surface area contributed by atoms with E-state index in [0.717, 1.165) is 44.8 Å². The standard InChI is InChI=1S/C55H45FN3O.Ir/c1-54(2,43-24-27-49(58-35-43)41-13-7-5-8-14-41)32-39-29-38(30-40(31-39)33-55(3,4)44-25-28-50(59-36-44)42-15-9-6-10-16-42)22-21-37-23-26-51(57-34-37)47-19-11-17-45-46-18-12-20-48(56)53(46)60-52(45)47;/h5-13,15,17-18,20,23-31,34-36H,21-22,32-33H2,1-4H3;/q-3;+3/i20D,21D2,22D2;. The number of furan rings is 1. The van der Waals surface area contributed by atoms with Gasteiger partial charge in [-0.1, -0.05) is 105 Å². The van der Waals surface area contributed by atoms with Gasteiger partial charge in [-0.3, -0.25) is 0 Å². The SMILES string of the molecule is [2H]c1ccc2c(oc3c(-c4ccc(C([2H])([2H])C([2H])([2H])c5cc(CC(C)(C)c6ccc(-c7[c-]cccc7)nc6)cc(CC(C)(C)c6ccc(-c7[c-]cccc7)nc6)c5)cn4)[c-]ccc32)c1F.[Ir+3]. The van der Waals surface area contributed by atoms with Crippen molar-refractivity contribution >= 4 is 21.9 Å². The van der Waals surface area contributed by atoms with Crippen molar-refractivity contribution in [2.45, 2.75) is 64.1 Å². The van der Waals surface area contributed by atoms with Gasteiger partial charge in [0.25, 0.3) is 0 Å². The smallest absolute Gasteiger partial charge is 0.498 e. The van der Waals surface area contributed by atoms with E-state index < -0.39 is 29.4 Å². The number of hydrogen-bond acceptors (Lipinski definition) is 4. The van der Waals surface area contributed by atoms with Gasteiger partial charge >= 0.3 is 20.1 Å². The van der Waals surface area contributed by atoms with Crippen LogP contribution in [0, 0.1) is 24.0 Å². The summed E-state index contributed by atoms with van der Waals surface area (Å²) < 4.78 is 66.8. The summed E-state index contributed by atoms with van der Waals surface area (Å²) in [4.78, 5) is 14.1. The molecule has 4 heterocycles. The molecule has 0 fully saturated rings. The Morgan fingerprint density at radius 1 is 0.574 bits per heavy atom. The van der Waals surface area contributed by atoms with Gasteiger partial charge in [-0.05, 0) is 92.9 Å². The fraction of sp³-hybridized carbons (Fsp3) is 0.182. The van der Waals surface area contributed by atoms with Crippen LogP contribution in [0.25, 0.3) is 55.7 Å². The molecule has 0 radical (unpaired) electrons. The Morgan fingerprint density at radius 2 is 1.13 bits per heavy atom. The van der Waals surface area contributed by atoms with Gasteiger partial charge < -0.3 is 19.4 Å². The molecule has 0 aliphatic heterocycles. The minimum absolute atomic E-state index is 0. The molecule has 0 unspecified atom stereocenters. The first kappa shape index (κ1) is 35.7. The van der Waals surface area contributed by atoms with Crippen LogP contribution in [0.1, 0.15) is 67.9 Å². The summed E-state index contributed by atoms with van der Waals surface area (Å²) in [6, 6.07) is 48.2. The molecule has 0 spiro atoms. The summed E-state index contributed by atoms with van der Waals surface area (Å²) in [5.74, 6) is -0.760. The van der Waals surface area contributed by atoms with Crippen molar-refractivity contribution in [1.29, 1.82) is 0 Å². The van der Waals surface area contributed by atoms with Crippen LogP contribution in [-0.4, -0.2) is 15.0 Å². The van der Waals surface area contributed by atoms with Gasteiger partial charge in [0.15, 0.2) is 11.4 Å². The average Bonchev–Trinajstić information content (AvgIpc) is 3.70. The molecule has 0 aliphatic rings. The second-order valence-corrected chi connectivity index (χ2v) is 16.5. The zero-order valence-corrected chi connectivity index (χ0v) is 36.6. The Bertz CT molecular complexity index is 3040. The van der Waals surface area contributed by atoms with Crippen molar-refractivity contribution in [1.82, 2.24) is 15.0 Å². The zero-order chi connectivity index (χ0) is 45.7. The van der Waals surface area contributed by atoms with Gasteiger partial charge in [0, 0.05) is 29.5 Å². The summed E-state index contributed by atoms with van der Waals surface area (Å²) in [5.41, 5.74) is 7.75. The van der Waals surface area contributed by atoms with Gasteiger partial charge in [0.05, 0.1) is 6.95 Å². The van der Waals surface area contributed by atoms with Crippen LogP contribution in [0.3, 0.4) is 0 Å². The number of aryl methyl sites for hydroxylation is 2. The van der Waals surface area contributed by atoms with Crippen molar-refractivity contribution in [3.05, 3.63) is 209 Å². The van der Waals surface area contributed by atoms with Gasteiger partial charge in [-0.25, -0.2) is 4.39 Å². The fourth-order valence-electron chi connectivity index (χ4n) is 7.90. The molecule has 0 aliphatic carbocycles. The first-order valence-electron chi connectivity index (χ1n) is 22.5. The van der Waals surface area contributed by atoms with E-state index in [1.807, 2.05) is 73.1 Å². The van der Waals surface area contributed by atoms with Gasteiger partial charge in [0.2, 0.25) is 0 Å². The van der Waals surface area contributed by atoms with Crippen LogP contribution in [-0.2, 0) is 56.5 Å². The Hall–Kier alpha value is -6.07. The van der Waals surface area contributed by atoms with Crippen LogP contribution >= 0.6 is 0 Å². The average molecular weight is 980 g/mol. The number of para-hydroxylation sites is 1. The van der Waals surface area contributed by atoms with E-state index in [4.69, 9.17) is 15.8 Å². The van der Waals surface area contributed by atoms with Crippen LogP contribution in [0.5, 0.6) is 0 Å². The van der Waals surface area contributed by atoms with Crippen LogP contribution < -0.4 is 0 Å². The maximum atomic E-state index is 14.9. The van der Waals surface area contributed by atoms with Gasteiger partial charge in [0.1, 0.15) is 0 Å². The molecule has 6 heteroatoms.